The molecule has 12 heavy (non-hydrogen) atoms. The van der Waals surface area contributed by atoms with Crippen molar-refractivity contribution >= 4 is 15.9 Å². The lowest BCUT2D eigenvalue weighted by Crippen LogP contribution is -2.19. The van der Waals surface area contributed by atoms with Crippen LogP contribution in [0.25, 0.3) is 0 Å². The lowest BCUT2D eigenvalue weighted by Gasteiger charge is -2.05. The summed E-state index contributed by atoms with van der Waals surface area (Å²) in [5.41, 5.74) is 1.27. The van der Waals surface area contributed by atoms with Crippen LogP contribution in [0, 0.1) is 0 Å². The molecule has 0 fully saturated rings. The number of ether oxygens (including phenoxy) is 1. The summed E-state index contributed by atoms with van der Waals surface area (Å²) in [6.07, 6.45) is 1.04. The molecule has 0 saturated heterocycles. The van der Waals surface area contributed by atoms with Gasteiger partial charge >= 0.3 is 0 Å². The van der Waals surface area contributed by atoms with Crippen molar-refractivity contribution in [1.29, 1.82) is 0 Å². The van der Waals surface area contributed by atoms with Crippen LogP contribution in [-0.4, -0.2) is 13.3 Å². The van der Waals surface area contributed by atoms with E-state index in [2.05, 4.69) is 27.3 Å². The number of nitrogens with one attached hydrogen (secondary N) is 1. The molecule has 0 atom stereocenters. The van der Waals surface area contributed by atoms with Crippen LogP contribution in [0.5, 0.6) is 5.75 Å². The molecule has 2 nitrogen and oxygen atoms in total. The zero-order chi connectivity index (χ0) is 8.39. The topological polar surface area (TPSA) is 21.3 Å². The predicted octanol–water partition coefficient (Wildman–Crippen LogP) is 1.93. The second-order valence-corrected chi connectivity index (χ2v) is 3.71. The SMILES string of the molecule is Brc1ccc2c(c1)CCNCO2. The second-order valence-electron chi connectivity index (χ2n) is 2.79. The first kappa shape index (κ1) is 8.08. The van der Waals surface area contributed by atoms with Crippen LogP contribution in [0.1, 0.15) is 5.56 Å². The quantitative estimate of drug-likeness (QED) is 0.732. The average molecular weight is 228 g/mol. The molecule has 1 aliphatic heterocycles. The van der Waals surface area contributed by atoms with Crippen molar-refractivity contribution in [2.75, 3.05) is 13.3 Å². The van der Waals surface area contributed by atoms with Gasteiger partial charge in [-0.25, -0.2) is 0 Å². The highest BCUT2D eigenvalue weighted by Crippen LogP contribution is 2.24. The Morgan fingerprint density at radius 1 is 1.42 bits per heavy atom. The normalized spacial score (nSPS) is 16.1. The van der Waals surface area contributed by atoms with E-state index in [-0.39, 0.29) is 0 Å². The van der Waals surface area contributed by atoms with Crippen molar-refractivity contribution < 1.29 is 4.74 Å². The van der Waals surface area contributed by atoms with Gasteiger partial charge in [0.25, 0.3) is 0 Å². The lowest BCUT2D eigenvalue weighted by molar-refractivity contribution is 0.294. The maximum Gasteiger partial charge on any atom is 0.139 e. The fourth-order valence-electron chi connectivity index (χ4n) is 1.31. The zero-order valence-corrected chi connectivity index (χ0v) is 8.23. The number of fused-ring (bicyclic) bond motifs is 1. The fraction of sp³-hybridized carbons (Fsp3) is 0.333. The van der Waals surface area contributed by atoms with Gasteiger partial charge in [-0.1, -0.05) is 15.9 Å². The number of hydrogen-bond acceptors (Lipinski definition) is 2. The Morgan fingerprint density at radius 2 is 2.33 bits per heavy atom. The standard InChI is InChI=1S/C9H10BrNO/c10-8-1-2-9-7(5-8)3-4-11-6-12-9/h1-2,5,11H,3-4,6H2. The summed E-state index contributed by atoms with van der Waals surface area (Å²) in [6.45, 7) is 1.61. The van der Waals surface area contributed by atoms with Gasteiger partial charge in [-0.3, -0.25) is 5.32 Å². The van der Waals surface area contributed by atoms with E-state index in [1.165, 1.54) is 5.56 Å². The largest absolute Gasteiger partial charge is 0.478 e. The Balaban J connectivity index is 2.36. The molecule has 0 aromatic heterocycles. The van der Waals surface area contributed by atoms with Crippen LogP contribution >= 0.6 is 15.9 Å². The highest BCUT2D eigenvalue weighted by Gasteiger charge is 2.07. The molecule has 0 unspecified atom stereocenters. The van der Waals surface area contributed by atoms with E-state index in [0.29, 0.717) is 6.73 Å². The summed E-state index contributed by atoms with van der Waals surface area (Å²) in [5.74, 6) is 1.00. The molecule has 0 amide bonds. The minimum atomic E-state index is 0.620. The third-order valence-corrected chi connectivity index (χ3v) is 2.42. The van der Waals surface area contributed by atoms with Gasteiger partial charge in [0.2, 0.25) is 0 Å². The second kappa shape index (κ2) is 3.46. The van der Waals surface area contributed by atoms with Crippen LogP contribution in [0.2, 0.25) is 0 Å². The van der Waals surface area contributed by atoms with Crippen molar-refractivity contribution in [2.45, 2.75) is 6.42 Å². The van der Waals surface area contributed by atoms with Gasteiger partial charge in [0.15, 0.2) is 0 Å². The van der Waals surface area contributed by atoms with E-state index < -0.39 is 0 Å². The first-order chi connectivity index (χ1) is 5.86. The minimum absolute atomic E-state index is 0.620. The van der Waals surface area contributed by atoms with Crippen molar-refractivity contribution in [3.8, 4) is 5.75 Å². The fourth-order valence-corrected chi connectivity index (χ4v) is 1.72. The Labute approximate surface area is 80.1 Å². The van der Waals surface area contributed by atoms with E-state index in [1.807, 2.05) is 12.1 Å². The molecule has 1 aliphatic rings. The molecule has 3 heteroatoms. The maximum absolute atomic E-state index is 5.47. The molecule has 64 valence electrons. The van der Waals surface area contributed by atoms with Gasteiger partial charge in [-0.05, 0) is 30.2 Å². The Hall–Kier alpha value is -0.540. The van der Waals surface area contributed by atoms with Crippen molar-refractivity contribution in [2.24, 2.45) is 0 Å². The maximum atomic E-state index is 5.47. The van der Waals surface area contributed by atoms with Crippen LogP contribution in [0.15, 0.2) is 22.7 Å². The predicted molar refractivity (Wildman–Crippen MR) is 51.3 cm³/mol. The smallest absolute Gasteiger partial charge is 0.139 e. The van der Waals surface area contributed by atoms with Crippen LogP contribution in [0.3, 0.4) is 0 Å². The third-order valence-electron chi connectivity index (χ3n) is 1.92. The minimum Gasteiger partial charge on any atom is -0.478 e. The van der Waals surface area contributed by atoms with Crippen LogP contribution in [-0.2, 0) is 6.42 Å². The first-order valence-electron chi connectivity index (χ1n) is 3.98. The Morgan fingerprint density at radius 3 is 3.25 bits per heavy atom. The molecule has 2 rings (SSSR count). The van der Waals surface area contributed by atoms with Gasteiger partial charge in [0.05, 0.1) is 0 Å². The average Bonchev–Trinajstić information content (AvgIpc) is 2.28. The monoisotopic (exact) mass is 227 g/mol. The van der Waals surface area contributed by atoms with Gasteiger partial charge in [0.1, 0.15) is 12.5 Å². The van der Waals surface area contributed by atoms with Crippen molar-refractivity contribution in [3.63, 3.8) is 0 Å². The third kappa shape index (κ3) is 1.62. The van der Waals surface area contributed by atoms with E-state index >= 15 is 0 Å². The molecule has 1 aromatic rings. The van der Waals surface area contributed by atoms with Gasteiger partial charge in [-0.15, -0.1) is 0 Å². The van der Waals surface area contributed by atoms with E-state index in [0.717, 1.165) is 23.2 Å². The summed E-state index contributed by atoms with van der Waals surface area (Å²) in [4.78, 5) is 0. The lowest BCUT2D eigenvalue weighted by atomic mass is 10.1. The van der Waals surface area contributed by atoms with E-state index in [4.69, 9.17) is 4.74 Å². The van der Waals surface area contributed by atoms with E-state index in [9.17, 15) is 0 Å². The summed E-state index contributed by atoms with van der Waals surface area (Å²) < 4.78 is 6.59. The number of benzene rings is 1. The van der Waals surface area contributed by atoms with Crippen molar-refractivity contribution in [3.05, 3.63) is 28.2 Å². The van der Waals surface area contributed by atoms with Crippen LogP contribution in [0.4, 0.5) is 0 Å². The summed E-state index contributed by atoms with van der Waals surface area (Å²) in [7, 11) is 0. The van der Waals surface area contributed by atoms with E-state index in [1.54, 1.807) is 0 Å². The molecule has 1 heterocycles. The Bertz CT molecular complexity index is 288. The highest BCUT2D eigenvalue weighted by molar-refractivity contribution is 9.10. The van der Waals surface area contributed by atoms with Crippen molar-refractivity contribution in [1.82, 2.24) is 5.32 Å². The number of hydrogen-bond donors (Lipinski definition) is 1. The molecular weight excluding hydrogens is 218 g/mol. The first-order valence-corrected chi connectivity index (χ1v) is 4.77. The van der Waals surface area contributed by atoms with Gasteiger partial charge in [-0.2, -0.15) is 0 Å². The molecule has 0 spiro atoms. The molecule has 1 N–H and O–H groups in total. The van der Waals surface area contributed by atoms with Gasteiger partial charge in [0, 0.05) is 11.0 Å². The van der Waals surface area contributed by atoms with Gasteiger partial charge < -0.3 is 4.74 Å². The molecule has 1 aromatic carbocycles. The summed E-state index contributed by atoms with van der Waals surface area (Å²) in [5, 5.41) is 3.18. The molecule has 0 radical (unpaired) electrons. The van der Waals surface area contributed by atoms with Crippen LogP contribution < -0.4 is 10.1 Å². The molecule has 0 bridgehead atoms. The Kier molecular flexibility index (Phi) is 2.33. The summed E-state index contributed by atoms with van der Waals surface area (Å²) in [6, 6.07) is 6.12. The zero-order valence-electron chi connectivity index (χ0n) is 6.64. The summed E-state index contributed by atoms with van der Waals surface area (Å²) >= 11 is 3.44. The molecule has 0 aliphatic carbocycles. The highest BCUT2D eigenvalue weighted by atomic mass is 79.9. The molecule has 0 saturated carbocycles. The molecular formula is C9H10BrNO. The number of halogens is 1. The number of rotatable bonds is 0.